The zero-order valence-corrected chi connectivity index (χ0v) is 33.9. The van der Waals surface area contributed by atoms with Crippen molar-refractivity contribution in [3.8, 4) is 0 Å². The van der Waals surface area contributed by atoms with Gasteiger partial charge in [-0.05, 0) is 79.4 Å². The van der Waals surface area contributed by atoms with Gasteiger partial charge < -0.3 is 38.6 Å². The molecule has 2 aliphatic carbocycles. The van der Waals surface area contributed by atoms with Crippen LogP contribution in [0.4, 0.5) is 0 Å². The van der Waals surface area contributed by atoms with Crippen LogP contribution in [-0.2, 0) is 57.2 Å². The largest absolute Gasteiger partial charge is 0.461 e. The Hall–Kier alpha value is -4.82. The molecule has 4 aliphatic rings. The van der Waals surface area contributed by atoms with Crippen molar-refractivity contribution in [2.75, 3.05) is 26.4 Å². The number of ether oxygens (including phenoxy) is 6. The molecule has 14 heteroatoms. The van der Waals surface area contributed by atoms with Crippen LogP contribution in [0.2, 0.25) is 0 Å². The fourth-order valence-electron chi connectivity index (χ4n) is 6.57. The highest BCUT2D eigenvalue weighted by atomic mass is 16.6. The molecule has 0 saturated carbocycles. The van der Waals surface area contributed by atoms with E-state index in [0.717, 1.165) is 22.3 Å². The van der Waals surface area contributed by atoms with Crippen LogP contribution in [0.15, 0.2) is 70.9 Å². The maximum atomic E-state index is 12.0. The molecule has 0 aromatic heterocycles. The molecular weight excluding hydrogens is 740 g/mol. The van der Waals surface area contributed by atoms with Gasteiger partial charge in [0.05, 0.1) is 35.9 Å². The Bertz CT molecular complexity index is 1660. The molecule has 0 aromatic carbocycles. The minimum absolute atomic E-state index is 0.0791. The second-order valence-electron chi connectivity index (χ2n) is 15.1. The lowest BCUT2D eigenvalue weighted by atomic mass is 9.85. The summed E-state index contributed by atoms with van der Waals surface area (Å²) in [5.41, 5.74) is 3.53. The normalized spacial score (nSPS) is 29.3. The van der Waals surface area contributed by atoms with E-state index in [9.17, 15) is 39.0 Å². The molecule has 2 aliphatic heterocycles. The molecule has 7 atom stereocenters. The summed E-state index contributed by atoms with van der Waals surface area (Å²) in [6, 6.07) is 0. The Morgan fingerprint density at radius 2 is 1.07 bits per heavy atom. The second-order valence-corrected chi connectivity index (χ2v) is 15.1. The lowest BCUT2D eigenvalue weighted by Gasteiger charge is -2.24. The Balaban J connectivity index is 0.000000306. The fraction of sp³-hybridized carbons (Fsp3) is 0.581. The maximum Gasteiger partial charge on any atom is 0.334 e. The standard InChI is InChI=1S/C22H30O7.C21H28O7/c1-5-13(2)21(25)28-12-16-7-6-8-17(11-27-15(4)23)10-19-20(18(24)9-16)14(3)22(26)29-19;1-12(2)20(24)27-11-15-6-5-7-16(10-26-14(4)22)9-18-19(17(23)8-15)13(3)21(25)28-18/h7,10,13,18-20,24H,3,5-6,8-9,11-12H2,1-2,4H3;6,9,12,17-19,23H,3,5,7-8,10-11H2,1-2,4H3/b16-7+,17-10-;15-6+,16-9-. The van der Waals surface area contributed by atoms with Crippen molar-refractivity contribution in [2.24, 2.45) is 23.7 Å². The lowest BCUT2D eigenvalue weighted by molar-refractivity contribution is -0.147. The third-order valence-electron chi connectivity index (χ3n) is 10.1. The molecule has 0 amide bonds. The van der Waals surface area contributed by atoms with Gasteiger partial charge >= 0.3 is 35.8 Å². The number of fused-ring (bicyclic) bond motifs is 2. The molecule has 2 saturated heterocycles. The van der Waals surface area contributed by atoms with E-state index in [-0.39, 0.29) is 74.2 Å². The number of hydrogen-bond donors (Lipinski definition) is 2. The van der Waals surface area contributed by atoms with Crippen molar-refractivity contribution in [1.29, 1.82) is 0 Å². The molecular formula is C43H58O14. The average molecular weight is 799 g/mol. The molecule has 0 radical (unpaired) electrons. The van der Waals surface area contributed by atoms with Crippen molar-refractivity contribution < 1.29 is 67.4 Å². The predicted molar refractivity (Wildman–Crippen MR) is 207 cm³/mol. The topological polar surface area (TPSA) is 198 Å². The molecule has 0 spiro atoms. The fourth-order valence-corrected chi connectivity index (χ4v) is 6.57. The zero-order valence-electron chi connectivity index (χ0n) is 33.9. The minimum atomic E-state index is -0.920. The van der Waals surface area contributed by atoms with Gasteiger partial charge in [-0.2, -0.15) is 0 Å². The minimum Gasteiger partial charge on any atom is -0.461 e. The summed E-state index contributed by atoms with van der Waals surface area (Å²) < 4.78 is 31.6. The number of carbonyl (C=O) groups is 6. The highest BCUT2D eigenvalue weighted by Gasteiger charge is 2.43. The van der Waals surface area contributed by atoms with Crippen molar-refractivity contribution >= 4 is 35.8 Å². The molecule has 314 valence electrons. The number of carbonyl (C=O) groups excluding carboxylic acids is 6. The van der Waals surface area contributed by atoms with E-state index in [1.54, 1.807) is 32.9 Å². The summed E-state index contributed by atoms with van der Waals surface area (Å²) in [6.45, 7) is 17.8. The van der Waals surface area contributed by atoms with Gasteiger partial charge in [0, 0.05) is 25.0 Å². The summed E-state index contributed by atoms with van der Waals surface area (Å²) in [5.74, 6) is -4.15. The Labute approximate surface area is 334 Å². The van der Waals surface area contributed by atoms with Gasteiger partial charge in [-0.3, -0.25) is 19.2 Å². The van der Waals surface area contributed by atoms with Crippen LogP contribution in [-0.4, -0.2) is 96.9 Å². The highest BCUT2D eigenvalue weighted by Crippen LogP contribution is 2.36. The number of aliphatic hydroxyl groups excluding tert-OH is 2. The summed E-state index contributed by atoms with van der Waals surface area (Å²) in [6.07, 6.45) is 7.72. The molecule has 0 aromatic rings. The first-order valence-corrected chi connectivity index (χ1v) is 19.4. The monoisotopic (exact) mass is 798 g/mol. The Morgan fingerprint density at radius 1 is 0.684 bits per heavy atom. The van der Waals surface area contributed by atoms with Crippen molar-refractivity contribution in [1.82, 2.24) is 0 Å². The smallest absolute Gasteiger partial charge is 0.334 e. The van der Waals surface area contributed by atoms with Crippen LogP contribution in [0.5, 0.6) is 0 Å². The van der Waals surface area contributed by atoms with Gasteiger partial charge in [-0.15, -0.1) is 0 Å². The predicted octanol–water partition coefficient (Wildman–Crippen LogP) is 4.88. The summed E-state index contributed by atoms with van der Waals surface area (Å²) >= 11 is 0. The number of esters is 6. The summed E-state index contributed by atoms with van der Waals surface area (Å²) in [4.78, 5) is 70.1. The molecule has 0 bridgehead atoms. The third-order valence-corrected chi connectivity index (χ3v) is 10.1. The van der Waals surface area contributed by atoms with Crippen molar-refractivity contribution in [3.05, 3.63) is 70.9 Å². The summed E-state index contributed by atoms with van der Waals surface area (Å²) in [5, 5.41) is 21.5. The molecule has 7 unspecified atom stereocenters. The third kappa shape index (κ3) is 14.3. The maximum absolute atomic E-state index is 12.0. The number of hydrogen-bond acceptors (Lipinski definition) is 14. The number of aliphatic hydroxyl groups is 2. The van der Waals surface area contributed by atoms with Gasteiger partial charge in [0.25, 0.3) is 0 Å². The molecule has 4 rings (SSSR count). The number of rotatable bonds is 11. The van der Waals surface area contributed by atoms with Crippen LogP contribution < -0.4 is 0 Å². The van der Waals surface area contributed by atoms with E-state index in [2.05, 4.69) is 13.2 Å². The van der Waals surface area contributed by atoms with Crippen LogP contribution in [0, 0.1) is 23.7 Å². The highest BCUT2D eigenvalue weighted by molar-refractivity contribution is 5.91. The van der Waals surface area contributed by atoms with Crippen LogP contribution in [0.1, 0.15) is 86.5 Å². The Kier molecular flexibility index (Phi) is 18.1. The van der Waals surface area contributed by atoms with Crippen LogP contribution in [0.3, 0.4) is 0 Å². The van der Waals surface area contributed by atoms with Gasteiger partial charge in [0.2, 0.25) is 0 Å². The van der Waals surface area contributed by atoms with E-state index in [1.807, 2.05) is 19.1 Å². The van der Waals surface area contributed by atoms with E-state index in [0.29, 0.717) is 32.1 Å². The van der Waals surface area contributed by atoms with Gasteiger partial charge in [-0.25, -0.2) is 9.59 Å². The number of allylic oxidation sites excluding steroid dienone is 2. The quantitative estimate of drug-likeness (QED) is 0.124. The summed E-state index contributed by atoms with van der Waals surface area (Å²) in [7, 11) is 0. The van der Waals surface area contributed by atoms with E-state index >= 15 is 0 Å². The lowest BCUT2D eigenvalue weighted by Crippen LogP contribution is -2.30. The van der Waals surface area contributed by atoms with Crippen molar-refractivity contribution in [3.63, 3.8) is 0 Å². The van der Waals surface area contributed by atoms with Gasteiger partial charge in [0.15, 0.2) is 0 Å². The molecule has 14 nitrogen and oxygen atoms in total. The Morgan fingerprint density at radius 3 is 1.44 bits per heavy atom. The van der Waals surface area contributed by atoms with E-state index < -0.39 is 60.1 Å². The first-order chi connectivity index (χ1) is 26.9. The molecule has 57 heavy (non-hydrogen) atoms. The van der Waals surface area contributed by atoms with Crippen LogP contribution >= 0.6 is 0 Å². The first-order valence-electron chi connectivity index (χ1n) is 19.4. The van der Waals surface area contributed by atoms with Crippen molar-refractivity contribution in [2.45, 2.75) is 111 Å². The molecule has 2 N–H and O–H groups in total. The zero-order chi connectivity index (χ0) is 42.4. The first kappa shape index (κ1) is 46.6. The van der Waals surface area contributed by atoms with Gasteiger partial charge in [-0.1, -0.05) is 53.0 Å². The van der Waals surface area contributed by atoms with Gasteiger partial charge in [0.1, 0.15) is 38.6 Å². The van der Waals surface area contributed by atoms with E-state index in [1.165, 1.54) is 13.8 Å². The SMILES string of the molecule is C=C1C(=O)OC2/C=C(\COC(C)=O)CC/C=C(/COC(=O)C(C)C)CC(O)C12.C=C1C(=O)OC2/C=C(\COC(C)=O)CC/C=C(/COC(=O)C(C)CC)CC(O)C12. The molecule has 2 fully saturated rings. The second kappa shape index (κ2) is 22.2. The van der Waals surface area contributed by atoms with Crippen LogP contribution in [0.25, 0.3) is 0 Å². The average Bonchev–Trinajstić information content (AvgIpc) is 3.60. The molecule has 2 heterocycles. The van der Waals surface area contributed by atoms with E-state index in [4.69, 9.17) is 28.4 Å².